The minimum atomic E-state index is 0.704. The van der Waals surface area contributed by atoms with Crippen molar-refractivity contribution in [2.24, 2.45) is 0 Å². The summed E-state index contributed by atoms with van der Waals surface area (Å²) in [6.07, 6.45) is 0. The third-order valence-electron chi connectivity index (χ3n) is 11.5. The molecule has 0 aliphatic heterocycles. The molecular formula is C56H36N2. The average Bonchev–Trinajstić information content (AvgIpc) is 3.31. The molecule has 0 saturated carbocycles. The van der Waals surface area contributed by atoms with Gasteiger partial charge in [0.25, 0.3) is 0 Å². The molecule has 0 aliphatic rings. The Morgan fingerprint density at radius 2 is 0.690 bits per heavy atom. The van der Waals surface area contributed by atoms with Gasteiger partial charge in [-0.15, -0.1) is 0 Å². The summed E-state index contributed by atoms with van der Waals surface area (Å²) in [4.78, 5) is 10.2. The highest BCUT2D eigenvalue weighted by Crippen LogP contribution is 2.41. The number of hydrogen-bond donors (Lipinski definition) is 0. The SMILES string of the molecule is c1ccc(-c2ccc(-c3cc(-c4ccccc4)nc(-c4ccc(-c5ccc6cc(-c7c8ccccc8cc8c7ccc7ccccc78)ccc6c5)cc4)n3)cc2)cc1. The second kappa shape index (κ2) is 14.1. The van der Waals surface area contributed by atoms with Gasteiger partial charge >= 0.3 is 0 Å². The molecule has 11 aromatic rings. The van der Waals surface area contributed by atoms with Crippen LogP contribution >= 0.6 is 0 Å². The summed E-state index contributed by atoms with van der Waals surface area (Å²) in [5, 5.41) is 10.1. The standard InChI is InChI=1S/C56H36N2/c1-3-11-37(12-4-1)38-19-23-42(24-20-38)54-36-53(41-14-5-2-6-15-41)57-56(58-54)43-25-21-39(22-26-43)44-27-28-46-34-48(30-29-45(46)33-44)55-50-18-10-8-16-47(50)35-52-49-17-9-7-13-40(49)31-32-51(52)55/h1-36H. The van der Waals surface area contributed by atoms with Gasteiger partial charge in [-0.1, -0.05) is 194 Å². The van der Waals surface area contributed by atoms with E-state index in [0.717, 1.165) is 33.6 Å². The molecule has 0 spiro atoms. The van der Waals surface area contributed by atoms with Crippen molar-refractivity contribution < 1.29 is 0 Å². The average molecular weight is 737 g/mol. The Morgan fingerprint density at radius 3 is 1.40 bits per heavy atom. The van der Waals surface area contributed by atoms with Gasteiger partial charge in [-0.3, -0.25) is 0 Å². The molecule has 1 heterocycles. The molecule has 0 bridgehead atoms. The van der Waals surface area contributed by atoms with E-state index in [1.165, 1.54) is 70.9 Å². The zero-order valence-electron chi connectivity index (χ0n) is 31.7. The minimum absolute atomic E-state index is 0.704. The summed E-state index contributed by atoms with van der Waals surface area (Å²) in [5.74, 6) is 0.704. The van der Waals surface area contributed by atoms with Gasteiger partial charge in [0.05, 0.1) is 11.4 Å². The van der Waals surface area contributed by atoms with Crippen LogP contribution in [0.1, 0.15) is 0 Å². The summed E-state index contributed by atoms with van der Waals surface area (Å²) in [7, 11) is 0. The van der Waals surface area contributed by atoms with Crippen LogP contribution in [0.25, 0.3) is 110 Å². The van der Waals surface area contributed by atoms with Crippen LogP contribution in [-0.4, -0.2) is 9.97 Å². The lowest BCUT2D eigenvalue weighted by atomic mass is 9.89. The van der Waals surface area contributed by atoms with E-state index in [2.05, 4.69) is 206 Å². The molecule has 0 aliphatic carbocycles. The van der Waals surface area contributed by atoms with Gasteiger partial charge < -0.3 is 0 Å². The van der Waals surface area contributed by atoms with E-state index in [9.17, 15) is 0 Å². The highest BCUT2D eigenvalue weighted by Gasteiger charge is 2.14. The fourth-order valence-corrected chi connectivity index (χ4v) is 8.47. The smallest absolute Gasteiger partial charge is 0.160 e. The molecule has 2 heteroatoms. The maximum Gasteiger partial charge on any atom is 0.160 e. The molecule has 1 aromatic heterocycles. The number of nitrogens with zero attached hydrogens (tertiary/aromatic N) is 2. The second-order valence-electron chi connectivity index (χ2n) is 15.0. The number of aromatic nitrogens is 2. The predicted molar refractivity (Wildman–Crippen MR) is 245 cm³/mol. The first kappa shape index (κ1) is 33.6. The van der Waals surface area contributed by atoms with Crippen LogP contribution in [0.5, 0.6) is 0 Å². The molecule has 2 nitrogen and oxygen atoms in total. The molecule has 0 atom stereocenters. The van der Waals surface area contributed by atoms with Crippen LogP contribution in [0.15, 0.2) is 218 Å². The van der Waals surface area contributed by atoms with Gasteiger partial charge in [0, 0.05) is 16.7 Å². The van der Waals surface area contributed by atoms with Crippen molar-refractivity contribution in [1.29, 1.82) is 0 Å². The Kier molecular flexibility index (Phi) is 8.19. The van der Waals surface area contributed by atoms with Crippen LogP contribution in [0.2, 0.25) is 0 Å². The van der Waals surface area contributed by atoms with Crippen molar-refractivity contribution in [3.05, 3.63) is 218 Å². The Balaban J connectivity index is 0.939. The summed E-state index contributed by atoms with van der Waals surface area (Å²) >= 11 is 0. The zero-order chi connectivity index (χ0) is 38.4. The van der Waals surface area contributed by atoms with Crippen LogP contribution in [-0.2, 0) is 0 Å². The number of rotatable bonds is 6. The van der Waals surface area contributed by atoms with E-state index in [1.54, 1.807) is 0 Å². The molecule has 58 heavy (non-hydrogen) atoms. The van der Waals surface area contributed by atoms with Gasteiger partial charge in [-0.25, -0.2) is 9.97 Å². The third kappa shape index (κ3) is 6.09. The normalized spacial score (nSPS) is 11.4. The molecule has 0 N–H and O–H groups in total. The van der Waals surface area contributed by atoms with E-state index in [1.807, 2.05) is 12.1 Å². The first-order chi connectivity index (χ1) is 28.7. The molecule has 270 valence electrons. The monoisotopic (exact) mass is 736 g/mol. The maximum atomic E-state index is 5.12. The molecule has 0 radical (unpaired) electrons. The van der Waals surface area contributed by atoms with Gasteiger partial charge in [0.15, 0.2) is 5.82 Å². The summed E-state index contributed by atoms with van der Waals surface area (Å²) in [6.45, 7) is 0. The lowest BCUT2D eigenvalue weighted by Crippen LogP contribution is -1.96. The molecule has 0 saturated heterocycles. The highest BCUT2D eigenvalue weighted by molar-refractivity contribution is 6.20. The second-order valence-corrected chi connectivity index (χ2v) is 15.0. The lowest BCUT2D eigenvalue weighted by molar-refractivity contribution is 1.18. The number of hydrogen-bond acceptors (Lipinski definition) is 2. The lowest BCUT2D eigenvalue weighted by Gasteiger charge is -2.15. The molecule has 11 rings (SSSR count). The van der Waals surface area contributed by atoms with E-state index < -0.39 is 0 Å². The Bertz CT molecular complexity index is 3300. The summed E-state index contributed by atoms with van der Waals surface area (Å²) in [5.41, 5.74) is 12.1. The third-order valence-corrected chi connectivity index (χ3v) is 11.5. The molecule has 0 unspecified atom stereocenters. The van der Waals surface area contributed by atoms with Crippen molar-refractivity contribution in [1.82, 2.24) is 9.97 Å². The Morgan fingerprint density at radius 1 is 0.224 bits per heavy atom. The molecule has 10 aromatic carbocycles. The fourth-order valence-electron chi connectivity index (χ4n) is 8.47. The largest absolute Gasteiger partial charge is 0.228 e. The van der Waals surface area contributed by atoms with E-state index in [0.29, 0.717) is 5.82 Å². The van der Waals surface area contributed by atoms with Crippen molar-refractivity contribution in [3.8, 4) is 67.3 Å². The van der Waals surface area contributed by atoms with E-state index in [4.69, 9.17) is 9.97 Å². The van der Waals surface area contributed by atoms with Gasteiger partial charge in [0.2, 0.25) is 0 Å². The zero-order valence-corrected chi connectivity index (χ0v) is 31.7. The maximum absolute atomic E-state index is 5.12. The summed E-state index contributed by atoms with van der Waals surface area (Å²) < 4.78 is 0. The van der Waals surface area contributed by atoms with Crippen molar-refractivity contribution >= 4 is 43.1 Å². The van der Waals surface area contributed by atoms with Crippen LogP contribution in [0, 0.1) is 0 Å². The highest BCUT2D eigenvalue weighted by atomic mass is 14.9. The van der Waals surface area contributed by atoms with Gasteiger partial charge in [-0.05, 0) is 101 Å². The molecule has 0 fully saturated rings. The first-order valence-electron chi connectivity index (χ1n) is 19.8. The topological polar surface area (TPSA) is 25.8 Å². The van der Waals surface area contributed by atoms with E-state index >= 15 is 0 Å². The predicted octanol–water partition coefficient (Wildman–Crippen LogP) is 15.1. The molecule has 0 amide bonds. The number of fused-ring (bicyclic) bond motifs is 5. The summed E-state index contributed by atoms with van der Waals surface area (Å²) in [6, 6.07) is 78.3. The quantitative estimate of drug-likeness (QED) is 0.125. The van der Waals surface area contributed by atoms with Crippen LogP contribution < -0.4 is 0 Å². The Labute approximate surface area is 337 Å². The molecular weight excluding hydrogens is 701 g/mol. The minimum Gasteiger partial charge on any atom is -0.228 e. The van der Waals surface area contributed by atoms with Crippen LogP contribution in [0.4, 0.5) is 0 Å². The number of benzene rings is 10. The first-order valence-corrected chi connectivity index (χ1v) is 19.8. The Hall–Kier alpha value is -7.68. The van der Waals surface area contributed by atoms with Crippen LogP contribution in [0.3, 0.4) is 0 Å². The van der Waals surface area contributed by atoms with Crippen molar-refractivity contribution in [2.75, 3.05) is 0 Å². The van der Waals surface area contributed by atoms with Crippen molar-refractivity contribution in [3.63, 3.8) is 0 Å². The van der Waals surface area contributed by atoms with Gasteiger partial charge in [0.1, 0.15) is 0 Å². The van der Waals surface area contributed by atoms with Gasteiger partial charge in [-0.2, -0.15) is 0 Å². The fraction of sp³-hybridized carbons (Fsp3) is 0. The van der Waals surface area contributed by atoms with E-state index in [-0.39, 0.29) is 0 Å². The van der Waals surface area contributed by atoms with Crippen molar-refractivity contribution in [2.45, 2.75) is 0 Å².